The van der Waals surface area contributed by atoms with E-state index < -0.39 is 0 Å². The van der Waals surface area contributed by atoms with Crippen molar-refractivity contribution in [1.82, 2.24) is 14.9 Å². The van der Waals surface area contributed by atoms with Crippen LogP contribution < -0.4 is 10.1 Å². The number of benzene rings is 1. The maximum absolute atomic E-state index is 5.90. The average molecular weight is 289 g/mol. The zero-order valence-corrected chi connectivity index (χ0v) is 12.6. The number of para-hydroxylation sites is 1. The quantitative estimate of drug-likeness (QED) is 0.939. The normalized spacial score (nSPS) is 21.3. The van der Waals surface area contributed by atoms with Gasteiger partial charge in [-0.3, -0.25) is 0 Å². The molecule has 20 heavy (non-hydrogen) atoms. The monoisotopic (exact) mass is 289 g/mol. The van der Waals surface area contributed by atoms with Crippen LogP contribution in [0, 0.1) is 0 Å². The zero-order chi connectivity index (χ0) is 13.9. The third kappa shape index (κ3) is 2.55. The lowest BCUT2D eigenvalue weighted by molar-refractivity contribution is 0.261. The first-order valence-corrected chi connectivity index (χ1v) is 7.76. The number of imidazole rings is 1. The lowest BCUT2D eigenvalue weighted by Gasteiger charge is -2.33. The Hall–Kier alpha value is -1.46. The zero-order valence-electron chi connectivity index (χ0n) is 11.7. The number of aryl methyl sites for hydroxylation is 1. The molecule has 0 bridgehead atoms. The third-order valence-corrected chi connectivity index (χ3v) is 4.80. The van der Waals surface area contributed by atoms with E-state index >= 15 is 0 Å². The largest absolute Gasteiger partial charge is 0.492 e. The Balaban J connectivity index is 1.86. The van der Waals surface area contributed by atoms with Crippen molar-refractivity contribution >= 4 is 11.8 Å². The van der Waals surface area contributed by atoms with Gasteiger partial charge in [-0.15, -0.1) is 0 Å². The molecule has 0 fully saturated rings. The molecular weight excluding hydrogens is 270 g/mol. The van der Waals surface area contributed by atoms with Crippen LogP contribution in [0.5, 0.6) is 5.75 Å². The number of nitrogens with zero attached hydrogens (tertiary/aromatic N) is 2. The minimum atomic E-state index is 0.298. The van der Waals surface area contributed by atoms with Crippen LogP contribution in [0.4, 0.5) is 0 Å². The van der Waals surface area contributed by atoms with Gasteiger partial charge in [-0.1, -0.05) is 36.9 Å². The first kappa shape index (κ1) is 13.5. The van der Waals surface area contributed by atoms with E-state index in [9.17, 15) is 0 Å². The van der Waals surface area contributed by atoms with Crippen LogP contribution in [0.2, 0.25) is 0 Å². The van der Waals surface area contributed by atoms with E-state index in [2.05, 4.69) is 29.4 Å². The van der Waals surface area contributed by atoms with Gasteiger partial charge in [-0.25, -0.2) is 4.98 Å². The highest BCUT2D eigenvalue weighted by Gasteiger charge is 2.31. The molecule has 4 nitrogen and oxygen atoms in total. The Morgan fingerprint density at radius 3 is 3.05 bits per heavy atom. The summed E-state index contributed by atoms with van der Waals surface area (Å²) in [6.45, 7) is 3.78. The highest BCUT2D eigenvalue weighted by Crippen LogP contribution is 2.39. The third-order valence-electron chi connectivity index (χ3n) is 3.49. The minimum Gasteiger partial charge on any atom is -0.492 e. The van der Waals surface area contributed by atoms with Gasteiger partial charge in [0.05, 0.1) is 11.3 Å². The van der Waals surface area contributed by atoms with Crippen molar-refractivity contribution < 1.29 is 4.74 Å². The maximum atomic E-state index is 5.90. The van der Waals surface area contributed by atoms with Gasteiger partial charge in [0.1, 0.15) is 12.4 Å². The summed E-state index contributed by atoms with van der Waals surface area (Å²) in [5.74, 6) is 0.996. The number of thioether (sulfide) groups is 1. The summed E-state index contributed by atoms with van der Waals surface area (Å²) in [6.07, 6.45) is 3.81. The average Bonchev–Trinajstić information content (AvgIpc) is 2.87. The molecule has 106 valence electrons. The van der Waals surface area contributed by atoms with Crippen molar-refractivity contribution in [2.75, 3.05) is 13.2 Å². The predicted molar refractivity (Wildman–Crippen MR) is 81.2 cm³/mol. The summed E-state index contributed by atoms with van der Waals surface area (Å²) in [4.78, 5) is 4.40. The van der Waals surface area contributed by atoms with Crippen LogP contribution in [-0.4, -0.2) is 28.0 Å². The predicted octanol–water partition coefficient (Wildman–Crippen LogP) is 2.62. The molecule has 0 aliphatic carbocycles. The maximum Gasteiger partial charge on any atom is 0.168 e. The van der Waals surface area contributed by atoms with Gasteiger partial charge in [0.25, 0.3) is 0 Å². The molecule has 2 aromatic rings. The molecule has 0 saturated heterocycles. The van der Waals surface area contributed by atoms with Crippen LogP contribution in [0.1, 0.15) is 18.5 Å². The van der Waals surface area contributed by atoms with Crippen LogP contribution in [-0.2, 0) is 7.05 Å². The second kappa shape index (κ2) is 5.89. The van der Waals surface area contributed by atoms with E-state index in [0.717, 1.165) is 17.5 Å². The molecule has 1 N–H and O–H groups in total. The molecule has 2 unspecified atom stereocenters. The number of fused-ring (bicyclic) bond motifs is 1. The molecule has 0 saturated carbocycles. The Morgan fingerprint density at radius 1 is 1.45 bits per heavy atom. The van der Waals surface area contributed by atoms with Gasteiger partial charge in [0, 0.05) is 25.0 Å². The number of aromatic nitrogens is 2. The number of nitrogens with one attached hydrogen (secondary N) is 1. The van der Waals surface area contributed by atoms with Crippen molar-refractivity contribution in [1.29, 1.82) is 0 Å². The second-order valence-corrected chi connectivity index (χ2v) is 6.07. The van der Waals surface area contributed by atoms with E-state index in [1.165, 1.54) is 5.56 Å². The van der Waals surface area contributed by atoms with Crippen LogP contribution in [0.25, 0.3) is 0 Å². The minimum absolute atomic E-state index is 0.298. The van der Waals surface area contributed by atoms with E-state index in [1.807, 2.05) is 36.1 Å². The molecule has 2 atom stereocenters. The highest BCUT2D eigenvalue weighted by atomic mass is 32.2. The van der Waals surface area contributed by atoms with Gasteiger partial charge >= 0.3 is 0 Å². The molecule has 1 aromatic heterocycles. The van der Waals surface area contributed by atoms with Crippen LogP contribution >= 0.6 is 11.8 Å². The molecule has 1 aliphatic heterocycles. The summed E-state index contributed by atoms with van der Waals surface area (Å²) in [7, 11) is 2.02. The number of hydrogen-bond acceptors (Lipinski definition) is 4. The molecule has 3 rings (SSSR count). The molecule has 0 amide bonds. The van der Waals surface area contributed by atoms with Gasteiger partial charge in [0.15, 0.2) is 5.16 Å². The second-order valence-electron chi connectivity index (χ2n) is 4.86. The summed E-state index contributed by atoms with van der Waals surface area (Å²) in [6, 6.07) is 8.58. The lowest BCUT2D eigenvalue weighted by Crippen LogP contribution is -2.37. The van der Waals surface area contributed by atoms with Crippen molar-refractivity contribution in [3.05, 3.63) is 42.2 Å². The highest BCUT2D eigenvalue weighted by molar-refractivity contribution is 7.99. The van der Waals surface area contributed by atoms with E-state index in [0.29, 0.717) is 17.9 Å². The Morgan fingerprint density at radius 2 is 2.30 bits per heavy atom. The van der Waals surface area contributed by atoms with Gasteiger partial charge < -0.3 is 14.6 Å². The van der Waals surface area contributed by atoms with Gasteiger partial charge in [-0.2, -0.15) is 0 Å². The van der Waals surface area contributed by atoms with E-state index in [-0.39, 0.29) is 0 Å². The lowest BCUT2D eigenvalue weighted by atomic mass is 10.0. The molecular formula is C15H19N3OS. The standard InChI is InChI=1S/C15H19N3OS/c1-3-16-14-11-6-4-5-7-12(11)19-10-13(14)20-15-17-8-9-18(15)2/h4-9,13-14,16H,3,10H2,1-2H3. The fourth-order valence-electron chi connectivity index (χ4n) is 2.50. The Bertz CT molecular complexity index is 584. The summed E-state index contributed by atoms with van der Waals surface area (Å²) >= 11 is 1.77. The van der Waals surface area contributed by atoms with E-state index in [1.54, 1.807) is 11.8 Å². The van der Waals surface area contributed by atoms with Crippen molar-refractivity contribution in [2.45, 2.75) is 23.4 Å². The SMILES string of the molecule is CCNC1c2ccccc2OCC1Sc1nccn1C. The Kier molecular flexibility index (Phi) is 3.98. The summed E-state index contributed by atoms with van der Waals surface area (Å²) < 4.78 is 7.95. The fraction of sp³-hybridized carbons (Fsp3) is 0.400. The summed E-state index contributed by atoms with van der Waals surface area (Å²) in [5.41, 5.74) is 1.24. The first-order chi connectivity index (χ1) is 9.79. The van der Waals surface area contributed by atoms with Crippen LogP contribution in [0.15, 0.2) is 41.8 Å². The molecule has 1 aliphatic rings. The van der Waals surface area contributed by atoms with Crippen molar-refractivity contribution in [3.63, 3.8) is 0 Å². The molecule has 0 spiro atoms. The van der Waals surface area contributed by atoms with E-state index in [4.69, 9.17) is 4.74 Å². The molecule has 0 radical (unpaired) electrons. The molecule has 1 aromatic carbocycles. The smallest absolute Gasteiger partial charge is 0.168 e. The van der Waals surface area contributed by atoms with Crippen molar-refractivity contribution in [2.24, 2.45) is 7.05 Å². The van der Waals surface area contributed by atoms with Gasteiger partial charge in [-0.05, 0) is 12.6 Å². The summed E-state index contributed by atoms with van der Waals surface area (Å²) in [5, 5.41) is 4.94. The number of rotatable bonds is 4. The van der Waals surface area contributed by atoms with Gasteiger partial charge in [0.2, 0.25) is 0 Å². The molecule has 2 heterocycles. The first-order valence-electron chi connectivity index (χ1n) is 6.88. The van der Waals surface area contributed by atoms with Crippen LogP contribution in [0.3, 0.4) is 0 Å². The van der Waals surface area contributed by atoms with Crippen molar-refractivity contribution in [3.8, 4) is 5.75 Å². The number of ether oxygens (including phenoxy) is 1. The fourth-order valence-corrected chi connectivity index (χ4v) is 3.64. The Labute approximate surface area is 123 Å². The topological polar surface area (TPSA) is 39.1 Å². The number of hydrogen-bond donors (Lipinski definition) is 1. The molecule has 5 heteroatoms.